The highest BCUT2D eigenvalue weighted by atomic mass is 32.1. The van der Waals surface area contributed by atoms with Gasteiger partial charge in [-0.15, -0.1) is 22.7 Å². The van der Waals surface area contributed by atoms with Crippen LogP contribution in [0.1, 0.15) is 16.5 Å². The topological polar surface area (TPSA) is 29.3 Å². The third kappa shape index (κ3) is 4.38. The van der Waals surface area contributed by atoms with Crippen molar-refractivity contribution in [2.45, 2.75) is 6.04 Å². The van der Waals surface area contributed by atoms with Crippen LogP contribution in [0.4, 0.5) is 5.69 Å². The number of benzene rings is 9. The largest absolute Gasteiger partial charge is 0.343 e. The number of nitrogens with zero attached hydrogens (tertiary/aromatic N) is 2. The normalized spacial score (nSPS) is 14.4. The van der Waals surface area contributed by atoms with E-state index in [-0.39, 0.29) is 6.04 Å². The lowest BCUT2D eigenvalue weighted by atomic mass is 9.96. The van der Waals surface area contributed by atoms with E-state index in [0.717, 1.165) is 17.2 Å². The van der Waals surface area contributed by atoms with Gasteiger partial charge in [0.05, 0.1) is 27.6 Å². The first-order chi connectivity index (χ1) is 28.3. The molecule has 57 heavy (non-hydrogen) atoms. The molecule has 1 atom stereocenters. The Hall–Kier alpha value is -6.79. The summed E-state index contributed by atoms with van der Waals surface area (Å²) < 4.78 is 6.36. The maximum Gasteiger partial charge on any atom is 0.209 e. The van der Waals surface area contributed by atoms with Gasteiger partial charge >= 0.3 is 0 Å². The van der Waals surface area contributed by atoms with Crippen molar-refractivity contribution in [2.75, 3.05) is 0 Å². The van der Waals surface area contributed by atoms with Crippen LogP contribution in [0.3, 0.4) is 0 Å². The van der Waals surface area contributed by atoms with Gasteiger partial charge in [-0.1, -0.05) is 164 Å². The lowest BCUT2D eigenvalue weighted by molar-refractivity contribution is 0.747. The first-order valence-electron chi connectivity index (χ1n) is 19.4. The molecule has 0 radical (unpaired) electrons. The van der Waals surface area contributed by atoms with Crippen LogP contribution in [0, 0.1) is 0 Å². The van der Waals surface area contributed by atoms with Crippen molar-refractivity contribution in [2.24, 2.45) is 4.99 Å². The minimum Gasteiger partial charge on any atom is -0.343 e. The van der Waals surface area contributed by atoms with Crippen LogP contribution in [-0.4, -0.2) is 10.5 Å². The molecular weight excluding hydrogens is 731 g/mol. The molecule has 13 rings (SSSR count). The summed E-state index contributed by atoms with van der Waals surface area (Å²) in [5, 5.41) is 18.0. The molecule has 0 saturated carbocycles. The molecule has 0 saturated heterocycles. The summed E-state index contributed by atoms with van der Waals surface area (Å²) in [6.07, 6.45) is 0. The minimum absolute atomic E-state index is 0.104. The quantitative estimate of drug-likeness (QED) is 0.175. The van der Waals surface area contributed by atoms with Crippen LogP contribution in [-0.2, 0) is 0 Å². The van der Waals surface area contributed by atoms with Crippen LogP contribution >= 0.6 is 22.7 Å². The summed E-state index contributed by atoms with van der Waals surface area (Å²) in [5.74, 6) is 0.837. The molecule has 3 aromatic heterocycles. The maximum atomic E-state index is 5.82. The second kappa shape index (κ2) is 11.9. The number of fused-ring (bicyclic) bond motifs is 18. The Kier molecular flexibility index (Phi) is 6.54. The van der Waals surface area contributed by atoms with Crippen LogP contribution in [0.15, 0.2) is 181 Å². The summed E-state index contributed by atoms with van der Waals surface area (Å²) in [6.45, 7) is 0. The zero-order chi connectivity index (χ0) is 37.2. The summed E-state index contributed by atoms with van der Waals surface area (Å²) in [5.41, 5.74) is 6.96. The molecule has 3 nitrogen and oxygen atoms in total. The molecule has 5 heteroatoms. The van der Waals surface area contributed by atoms with E-state index in [0.29, 0.717) is 0 Å². The highest BCUT2D eigenvalue weighted by Gasteiger charge is 2.32. The number of aromatic nitrogens is 1. The molecule has 266 valence electrons. The summed E-state index contributed by atoms with van der Waals surface area (Å²) in [7, 11) is 0. The number of hydrogen-bond donors (Lipinski definition) is 1. The van der Waals surface area contributed by atoms with Gasteiger partial charge in [0, 0.05) is 51.8 Å². The van der Waals surface area contributed by atoms with E-state index in [1.807, 2.05) is 22.7 Å². The van der Waals surface area contributed by atoms with Gasteiger partial charge in [0.25, 0.3) is 0 Å². The van der Waals surface area contributed by atoms with Gasteiger partial charge in [-0.05, 0) is 50.4 Å². The SMILES string of the molecule is c1ccc(-c2ccc3c4c5sc6ccccc6c5c5ccccc5c4n(C4=Nc5c(sc6c7ccccc7c7ccccc7c56)C(c5ccccc5)N4)c3c2)cc1. The fourth-order valence-corrected chi connectivity index (χ4v) is 12.2. The Labute approximate surface area is 335 Å². The Morgan fingerprint density at radius 1 is 0.456 bits per heavy atom. The van der Waals surface area contributed by atoms with E-state index in [1.165, 1.54) is 100 Å². The van der Waals surface area contributed by atoms with Gasteiger partial charge in [0.15, 0.2) is 0 Å². The highest BCUT2D eigenvalue weighted by Crippen LogP contribution is 2.52. The van der Waals surface area contributed by atoms with Gasteiger partial charge in [-0.3, -0.25) is 4.57 Å². The van der Waals surface area contributed by atoms with Crippen molar-refractivity contribution in [3.63, 3.8) is 0 Å². The van der Waals surface area contributed by atoms with Crippen molar-refractivity contribution >= 4 is 119 Å². The lowest BCUT2D eigenvalue weighted by Gasteiger charge is -2.27. The Morgan fingerprint density at radius 2 is 1.07 bits per heavy atom. The van der Waals surface area contributed by atoms with Crippen molar-refractivity contribution < 1.29 is 0 Å². The van der Waals surface area contributed by atoms with E-state index in [9.17, 15) is 0 Å². The molecule has 1 aliphatic heterocycles. The number of nitrogens with one attached hydrogen (secondary N) is 1. The first kappa shape index (κ1) is 31.4. The molecule has 0 amide bonds. The smallest absolute Gasteiger partial charge is 0.209 e. The molecule has 1 N–H and O–H groups in total. The van der Waals surface area contributed by atoms with Crippen molar-refractivity contribution in [3.05, 3.63) is 186 Å². The van der Waals surface area contributed by atoms with Crippen LogP contribution in [0.25, 0.3) is 95.5 Å². The fraction of sp³-hybridized carbons (Fsp3) is 0.0192. The van der Waals surface area contributed by atoms with E-state index < -0.39 is 0 Å². The second-order valence-electron chi connectivity index (χ2n) is 15.0. The zero-order valence-electron chi connectivity index (χ0n) is 30.5. The van der Waals surface area contributed by atoms with Gasteiger partial charge in [-0.25, -0.2) is 4.99 Å². The highest BCUT2D eigenvalue weighted by molar-refractivity contribution is 7.27. The van der Waals surface area contributed by atoms with Crippen LogP contribution < -0.4 is 5.32 Å². The number of hydrogen-bond acceptors (Lipinski definition) is 4. The fourth-order valence-electron chi connectivity index (χ4n) is 9.57. The third-order valence-corrected chi connectivity index (χ3v) is 14.5. The Morgan fingerprint density at radius 3 is 1.84 bits per heavy atom. The molecule has 9 aromatic carbocycles. The second-order valence-corrected chi connectivity index (χ2v) is 17.1. The molecule has 12 aromatic rings. The van der Waals surface area contributed by atoms with E-state index in [2.05, 4.69) is 186 Å². The molecule has 1 unspecified atom stereocenters. The average molecular weight is 762 g/mol. The zero-order valence-corrected chi connectivity index (χ0v) is 32.2. The van der Waals surface area contributed by atoms with E-state index in [1.54, 1.807) is 0 Å². The van der Waals surface area contributed by atoms with Crippen molar-refractivity contribution in [1.29, 1.82) is 0 Å². The third-order valence-electron chi connectivity index (χ3n) is 12.0. The monoisotopic (exact) mass is 761 g/mol. The standard InChI is InChI=1S/C52H31N3S2/c1-3-15-30(16-4-1)32-27-28-39-41(29-32)55(48-37-23-11-10-22-36(37)43-40-25-13-14-26-42(40)56-50(43)45(39)48)52-53-46(31-17-5-2-6-18-31)51-47(54-52)44-35-21-9-7-19-33(35)34-20-8-12-24-38(34)49(44)57-51/h1-29,46H,(H,53,54). The number of thiophene rings is 2. The van der Waals surface area contributed by atoms with E-state index >= 15 is 0 Å². The van der Waals surface area contributed by atoms with Crippen molar-refractivity contribution in [3.8, 4) is 11.1 Å². The Bertz CT molecular complexity index is 3670. The molecule has 4 heterocycles. The van der Waals surface area contributed by atoms with Gasteiger partial charge in [-0.2, -0.15) is 0 Å². The first-order valence-corrected chi connectivity index (χ1v) is 21.1. The molecule has 0 aliphatic carbocycles. The molecule has 0 spiro atoms. The van der Waals surface area contributed by atoms with Gasteiger partial charge in [0.2, 0.25) is 5.96 Å². The summed E-state index contributed by atoms with van der Waals surface area (Å²) in [4.78, 5) is 7.06. The number of aliphatic imine (C=N–C) groups is 1. The average Bonchev–Trinajstić information content (AvgIpc) is 3.97. The lowest BCUT2D eigenvalue weighted by Crippen LogP contribution is -2.36. The van der Waals surface area contributed by atoms with Gasteiger partial charge < -0.3 is 5.32 Å². The number of rotatable bonds is 2. The summed E-state index contributed by atoms with van der Waals surface area (Å²) in [6, 6.07) is 64.2. The minimum atomic E-state index is -0.104. The predicted octanol–water partition coefficient (Wildman–Crippen LogP) is 14.7. The van der Waals surface area contributed by atoms with Crippen LogP contribution in [0.2, 0.25) is 0 Å². The molecule has 0 fully saturated rings. The molecule has 0 bridgehead atoms. The predicted molar refractivity (Wildman–Crippen MR) is 246 cm³/mol. The summed E-state index contributed by atoms with van der Waals surface area (Å²) >= 11 is 3.78. The van der Waals surface area contributed by atoms with Crippen molar-refractivity contribution in [1.82, 2.24) is 9.88 Å². The Balaban J connectivity index is 1.22. The maximum absolute atomic E-state index is 5.82. The molecule has 1 aliphatic rings. The van der Waals surface area contributed by atoms with Gasteiger partial charge in [0.1, 0.15) is 0 Å². The van der Waals surface area contributed by atoms with E-state index in [4.69, 9.17) is 4.99 Å². The molecular formula is C52H31N3S2. The van der Waals surface area contributed by atoms with Crippen LogP contribution in [0.5, 0.6) is 0 Å².